The Kier molecular flexibility index (Phi) is 4.64. The van der Waals surface area contributed by atoms with Gasteiger partial charge < -0.3 is 9.84 Å². The summed E-state index contributed by atoms with van der Waals surface area (Å²) in [6.07, 6.45) is -0.495. The molecule has 0 aromatic heterocycles. The Morgan fingerprint density at radius 1 is 1.22 bits per heavy atom. The maximum absolute atomic E-state index is 9.56. The number of hydrogen-bond donors (Lipinski definition) is 1. The van der Waals surface area contributed by atoms with Crippen molar-refractivity contribution in [3.05, 3.63) is 56.1 Å². The summed E-state index contributed by atoms with van der Waals surface area (Å²) in [5.41, 5.74) is 0.852. The Labute approximate surface area is 128 Å². The van der Waals surface area contributed by atoms with Crippen LogP contribution in [0.4, 0.5) is 0 Å². The van der Waals surface area contributed by atoms with Gasteiger partial charge in [0.1, 0.15) is 11.5 Å². The van der Waals surface area contributed by atoms with Gasteiger partial charge in [-0.25, -0.2) is 0 Å². The first-order chi connectivity index (χ1) is 8.58. The van der Waals surface area contributed by atoms with Gasteiger partial charge in [-0.15, -0.1) is 0 Å². The molecule has 1 atom stereocenters. The van der Waals surface area contributed by atoms with E-state index < -0.39 is 6.10 Å². The molecule has 0 saturated carbocycles. The van der Waals surface area contributed by atoms with Crippen LogP contribution in [0, 0.1) is 3.57 Å². The zero-order valence-corrected chi connectivity index (χ0v) is 13.5. The van der Waals surface area contributed by atoms with Crippen LogP contribution in [0.1, 0.15) is 18.6 Å². The summed E-state index contributed by atoms with van der Waals surface area (Å²) in [4.78, 5) is 0. The number of ether oxygens (including phenoxy) is 1. The molecule has 2 aromatic rings. The molecule has 4 heteroatoms. The number of aliphatic hydroxyl groups is 1. The normalized spacial score (nSPS) is 12.2. The first kappa shape index (κ1) is 13.8. The molecule has 1 N–H and O–H groups in total. The molecule has 18 heavy (non-hydrogen) atoms. The molecule has 0 heterocycles. The van der Waals surface area contributed by atoms with E-state index in [9.17, 15) is 5.11 Å². The van der Waals surface area contributed by atoms with Crippen molar-refractivity contribution in [1.29, 1.82) is 0 Å². The number of halogens is 2. The first-order valence-electron chi connectivity index (χ1n) is 5.48. The average Bonchev–Trinajstić information content (AvgIpc) is 2.32. The standard InChI is InChI=1S/C14H12BrIO2/c1-9(17)11-7-6-10(8-12(11)15)18-14-5-3-2-4-13(14)16/h2-9,17H,1H3. The summed E-state index contributed by atoms with van der Waals surface area (Å²) in [7, 11) is 0. The first-order valence-corrected chi connectivity index (χ1v) is 7.35. The Morgan fingerprint density at radius 2 is 1.94 bits per heavy atom. The molecule has 2 aromatic carbocycles. The number of aliphatic hydroxyl groups excluding tert-OH is 1. The molecule has 2 rings (SSSR count). The predicted molar refractivity (Wildman–Crippen MR) is 84.0 cm³/mol. The van der Waals surface area contributed by atoms with E-state index in [0.717, 1.165) is 25.1 Å². The number of benzene rings is 2. The van der Waals surface area contributed by atoms with Crippen molar-refractivity contribution in [2.75, 3.05) is 0 Å². The van der Waals surface area contributed by atoms with Crippen LogP contribution in [0.2, 0.25) is 0 Å². The second kappa shape index (κ2) is 6.04. The minimum atomic E-state index is -0.495. The fourth-order valence-electron chi connectivity index (χ4n) is 1.56. The van der Waals surface area contributed by atoms with Gasteiger partial charge in [0.15, 0.2) is 0 Å². The number of hydrogen-bond acceptors (Lipinski definition) is 2. The molecule has 0 bridgehead atoms. The van der Waals surface area contributed by atoms with Gasteiger partial charge in [-0.2, -0.15) is 0 Å². The summed E-state index contributed by atoms with van der Waals surface area (Å²) >= 11 is 5.67. The van der Waals surface area contributed by atoms with Crippen molar-refractivity contribution in [3.63, 3.8) is 0 Å². The molecule has 0 saturated heterocycles. The van der Waals surface area contributed by atoms with Crippen LogP contribution in [-0.2, 0) is 0 Å². The maximum atomic E-state index is 9.56. The molecular formula is C14H12BrIO2. The smallest absolute Gasteiger partial charge is 0.140 e. The van der Waals surface area contributed by atoms with Gasteiger partial charge in [0.05, 0.1) is 9.67 Å². The molecule has 2 nitrogen and oxygen atoms in total. The summed E-state index contributed by atoms with van der Waals surface area (Å²) in [6.45, 7) is 1.74. The predicted octanol–water partition coefficient (Wildman–Crippen LogP) is 4.90. The van der Waals surface area contributed by atoms with Crippen LogP contribution >= 0.6 is 38.5 Å². The van der Waals surface area contributed by atoms with E-state index in [4.69, 9.17) is 4.74 Å². The average molecular weight is 419 g/mol. The molecule has 0 aliphatic rings. The summed E-state index contributed by atoms with van der Waals surface area (Å²) in [5.74, 6) is 1.57. The van der Waals surface area contributed by atoms with Crippen LogP contribution in [0.5, 0.6) is 11.5 Å². The largest absolute Gasteiger partial charge is 0.456 e. The van der Waals surface area contributed by atoms with Crippen molar-refractivity contribution < 1.29 is 9.84 Å². The molecule has 1 unspecified atom stereocenters. The van der Waals surface area contributed by atoms with Crippen molar-refractivity contribution >= 4 is 38.5 Å². The lowest BCUT2D eigenvalue weighted by molar-refractivity contribution is 0.198. The van der Waals surface area contributed by atoms with Gasteiger partial charge in [-0.05, 0) is 59.3 Å². The van der Waals surface area contributed by atoms with Crippen molar-refractivity contribution in [2.24, 2.45) is 0 Å². The SMILES string of the molecule is CC(O)c1ccc(Oc2ccccc2I)cc1Br. The third kappa shape index (κ3) is 3.24. The zero-order valence-electron chi connectivity index (χ0n) is 9.73. The maximum Gasteiger partial charge on any atom is 0.140 e. The molecule has 0 radical (unpaired) electrons. The lowest BCUT2D eigenvalue weighted by Crippen LogP contribution is -1.93. The quantitative estimate of drug-likeness (QED) is 0.718. The Balaban J connectivity index is 2.26. The van der Waals surface area contributed by atoms with Crippen molar-refractivity contribution in [2.45, 2.75) is 13.0 Å². The second-order valence-corrected chi connectivity index (χ2v) is 5.91. The minimum absolute atomic E-state index is 0.495. The highest BCUT2D eigenvalue weighted by atomic mass is 127. The van der Waals surface area contributed by atoms with Crippen LogP contribution in [0.15, 0.2) is 46.9 Å². The van der Waals surface area contributed by atoms with Crippen molar-refractivity contribution in [1.82, 2.24) is 0 Å². The summed E-state index contributed by atoms with van der Waals surface area (Å²) in [6, 6.07) is 13.4. The molecule has 0 aliphatic carbocycles. The monoisotopic (exact) mass is 418 g/mol. The lowest BCUT2D eigenvalue weighted by Gasteiger charge is -2.11. The highest BCUT2D eigenvalue weighted by Crippen LogP contribution is 2.31. The Morgan fingerprint density at radius 3 is 2.56 bits per heavy atom. The Bertz CT molecular complexity index is 555. The van der Waals surface area contributed by atoms with Crippen LogP contribution in [0.25, 0.3) is 0 Å². The molecule has 0 fully saturated rings. The van der Waals surface area contributed by atoms with E-state index in [1.54, 1.807) is 6.92 Å². The van der Waals surface area contributed by atoms with Gasteiger partial charge >= 0.3 is 0 Å². The second-order valence-electron chi connectivity index (χ2n) is 3.89. The summed E-state index contributed by atoms with van der Waals surface area (Å²) in [5, 5.41) is 9.56. The van der Waals surface area contributed by atoms with Gasteiger partial charge in [0, 0.05) is 4.47 Å². The molecule has 0 amide bonds. The topological polar surface area (TPSA) is 29.5 Å². The van der Waals surface area contributed by atoms with Crippen LogP contribution in [-0.4, -0.2) is 5.11 Å². The fourth-order valence-corrected chi connectivity index (χ4v) is 2.75. The third-order valence-corrected chi connectivity index (χ3v) is 4.06. The molecule has 0 spiro atoms. The van der Waals surface area contributed by atoms with Crippen LogP contribution < -0.4 is 4.74 Å². The van der Waals surface area contributed by atoms with Gasteiger partial charge in [0.2, 0.25) is 0 Å². The highest BCUT2D eigenvalue weighted by molar-refractivity contribution is 14.1. The molecular weight excluding hydrogens is 407 g/mol. The van der Waals surface area contributed by atoms with E-state index in [1.807, 2.05) is 42.5 Å². The van der Waals surface area contributed by atoms with Gasteiger partial charge in [-0.3, -0.25) is 0 Å². The van der Waals surface area contributed by atoms with Crippen molar-refractivity contribution in [3.8, 4) is 11.5 Å². The van der Waals surface area contributed by atoms with E-state index in [-0.39, 0.29) is 0 Å². The highest BCUT2D eigenvalue weighted by Gasteiger charge is 2.08. The Hall–Kier alpha value is -0.590. The fraction of sp³-hybridized carbons (Fsp3) is 0.143. The van der Waals surface area contributed by atoms with E-state index in [1.165, 1.54) is 0 Å². The zero-order chi connectivity index (χ0) is 13.1. The van der Waals surface area contributed by atoms with Gasteiger partial charge in [-0.1, -0.05) is 34.1 Å². The summed E-state index contributed by atoms with van der Waals surface area (Å²) < 4.78 is 7.71. The number of para-hydroxylation sites is 1. The molecule has 94 valence electrons. The molecule has 0 aliphatic heterocycles. The third-order valence-electron chi connectivity index (χ3n) is 2.49. The van der Waals surface area contributed by atoms with E-state index in [2.05, 4.69) is 38.5 Å². The van der Waals surface area contributed by atoms with Gasteiger partial charge in [0.25, 0.3) is 0 Å². The minimum Gasteiger partial charge on any atom is -0.456 e. The van der Waals surface area contributed by atoms with E-state index in [0.29, 0.717) is 0 Å². The van der Waals surface area contributed by atoms with E-state index >= 15 is 0 Å². The lowest BCUT2D eigenvalue weighted by atomic mass is 10.1. The number of rotatable bonds is 3. The van der Waals surface area contributed by atoms with Crippen LogP contribution in [0.3, 0.4) is 0 Å².